The highest BCUT2D eigenvalue weighted by Crippen LogP contribution is 2.15. The second-order valence-corrected chi connectivity index (χ2v) is 5.10. The first-order valence-corrected chi connectivity index (χ1v) is 7.14. The maximum atomic E-state index is 11.9. The number of nitrogens with one attached hydrogen (secondary N) is 1. The highest BCUT2D eigenvalue weighted by molar-refractivity contribution is 9.10. The highest BCUT2D eigenvalue weighted by Gasteiger charge is 2.06. The number of amides is 1. The molecular weight excluding hydrogens is 314 g/mol. The molecule has 0 saturated carbocycles. The number of carbonyl (C=O) groups is 1. The van der Waals surface area contributed by atoms with Crippen LogP contribution in [-0.2, 0) is 0 Å². The van der Waals surface area contributed by atoms with Crippen LogP contribution >= 0.6 is 27.7 Å². The Morgan fingerprint density at radius 3 is 2.50 bits per heavy atom. The van der Waals surface area contributed by atoms with E-state index in [-0.39, 0.29) is 5.91 Å². The van der Waals surface area contributed by atoms with E-state index in [0.29, 0.717) is 16.0 Å². The van der Waals surface area contributed by atoms with Crippen molar-refractivity contribution < 1.29 is 4.79 Å². The first-order chi connectivity index (χ1) is 8.69. The van der Waals surface area contributed by atoms with Gasteiger partial charge in [0.25, 0.3) is 5.91 Å². The summed E-state index contributed by atoms with van der Waals surface area (Å²) in [5.41, 5.74) is 0.595. The lowest BCUT2D eigenvalue weighted by Crippen LogP contribution is -2.12. The number of anilines is 1. The summed E-state index contributed by atoms with van der Waals surface area (Å²) < 4.78 is 0.629. The van der Waals surface area contributed by atoms with Gasteiger partial charge in [-0.3, -0.25) is 4.79 Å². The molecule has 0 fully saturated rings. The average molecular weight is 324 g/mol. The van der Waals surface area contributed by atoms with E-state index in [1.807, 2.05) is 18.4 Å². The zero-order valence-electron chi connectivity index (χ0n) is 9.55. The van der Waals surface area contributed by atoms with E-state index in [9.17, 15) is 4.79 Å². The minimum atomic E-state index is -0.195. The number of aromatic nitrogens is 2. The summed E-state index contributed by atoms with van der Waals surface area (Å²) in [5, 5.41) is 2.68. The number of carbonyl (C=O) groups excluding carboxylic acids is 1. The Morgan fingerprint density at radius 2 is 1.94 bits per heavy atom. The summed E-state index contributed by atoms with van der Waals surface area (Å²) in [7, 11) is 0. The third-order valence-corrected chi connectivity index (χ3v) is 3.37. The number of hydrogen-bond acceptors (Lipinski definition) is 4. The lowest BCUT2D eigenvalue weighted by Gasteiger charge is -2.04. The normalized spacial score (nSPS) is 10.1. The molecule has 6 heteroatoms. The van der Waals surface area contributed by atoms with Gasteiger partial charge >= 0.3 is 0 Å². The molecule has 0 bridgehead atoms. The molecule has 0 radical (unpaired) electrons. The van der Waals surface area contributed by atoms with Crippen LogP contribution in [0.1, 0.15) is 10.4 Å². The summed E-state index contributed by atoms with van der Waals surface area (Å²) in [5.74, 6) is 0.233. The summed E-state index contributed by atoms with van der Waals surface area (Å²) in [6.07, 6.45) is 5.02. The first kappa shape index (κ1) is 13.0. The number of hydrogen-bond donors (Lipinski definition) is 1. The van der Waals surface area contributed by atoms with Crippen LogP contribution in [0.4, 0.5) is 5.82 Å². The van der Waals surface area contributed by atoms with E-state index in [1.54, 1.807) is 23.9 Å². The van der Waals surface area contributed by atoms with Crippen molar-refractivity contribution in [3.63, 3.8) is 0 Å². The van der Waals surface area contributed by atoms with Crippen LogP contribution in [0.15, 0.2) is 46.2 Å². The smallest absolute Gasteiger partial charge is 0.256 e. The molecule has 1 heterocycles. The molecule has 18 heavy (non-hydrogen) atoms. The van der Waals surface area contributed by atoms with E-state index in [1.165, 1.54) is 12.4 Å². The lowest BCUT2D eigenvalue weighted by atomic mass is 10.2. The molecule has 0 aliphatic heterocycles. The van der Waals surface area contributed by atoms with Crippen LogP contribution in [0.5, 0.6) is 0 Å². The van der Waals surface area contributed by atoms with Crippen LogP contribution in [-0.4, -0.2) is 22.1 Å². The fourth-order valence-electron chi connectivity index (χ4n) is 1.31. The molecule has 0 atom stereocenters. The molecule has 2 rings (SSSR count). The quantitative estimate of drug-likeness (QED) is 0.881. The van der Waals surface area contributed by atoms with Crippen LogP contribution in [0.25, 0.3) is 0 Å². The van der Waals surface area contributed by atoms with Gasteiger partial charge in [-0.15, -0.1) is 11.8 Å². The first-order valence-electron chi connectivity index (χ1n) is 5.12. The zero-order valence-corrected chi connectivity index (χ0v) is 12.0. The molecule has 1 amide bonds. The zero-order chi connectivity index (χ0) is 13.0. The Labute approximate surface area is 117 Å². The average Bonchev–Trinajstić information content (AvgIpc) is 2.41. The van der Waals surface area contributed by atoms with Gasteiger partial charge in [0.05, 0.1) is 12.4 Å². The van der Waals surface area contributed by atoms with Crippen molar-refractivity contribution in [3.05, 3.63) is 46.8 Å². The van der Waals surface area contributed by atoms with Crippen molar-refractivity contribution in [2.45, 2.75) is 4.90 Å². The largest absolute Gasteiger partial charge is 0.305 e. The second-order valence-electron chi connectivity index (χ2n) is 3.41. The molecule has 0 saturated heterocycles. The number of benzene rings is 1. The second kappa shape index (κ2) is 5.97. The monoisotopic (exact) mass is 323 g/mol. The molecule has 4 nitrogen and oxygen atoms in total. The van der Waals surface area contributed by atoms with Gasteiger partial charge in [0, 0.05) is 10.5 Å². The summed E-state index contributed by atoms with van der Waals surface area (Å²) in [4.78, 5) is 21.0. The van der Waals surface area contributed by atoms with E-state index in [4.69, 9.17) is 0 Å². The molecule has 0 aliphatic rings. The van der Waals surface area contributed by atoms with Crippen molar-refractivity contribution in [3.8, 4) is 0 Å². The van der Waals surface area contributed by atoms with Gasteiger partial charge in [0.15, 0.2) is 5.82 Å². The minimum absolute atomic E-state index is 0.195. The Balaban J connectivity index is 2.09. The standard InChI is InChI=1S/C12H10BrN3OS/c1-18-9-4-2-8(3-5-9)12(17)16-11-7-14-10(13)6-15-11/h2-7H,1H3,(H,15,16,17). The summed E-state index contributed by atoms with van der Waals surface area (Å²) in [6, 6.07) is 7.39. The van der Waals surface area contributed by atoms with E-state index in [0.717, 1.165) is 4.90 Å². The van der Waals surface area contributed by atoms with Crippen molar-refractivity contribution in [2.24, 2.45) is 0 Å². The van der Waals surface area contributed by atoms with Crippen molar-refractivity contribution in [1.29, 1.82) is 0 Å². The minimum Gasteiger partial charge on any atom is -0.305 e. The molecule has 1 aromatic carbocycles. The summed E-state index contributed by atoms with van der Waals surface area (Å²) >= 11 is 4.82. The predicted molar refractivity (Wildman–Crippen MR) is 75.9 cm³/mol. The van der Waals surface area contributed by atoms with Crippen molar-refractivity contribution in [2.75, 3.05) is 11.6 Å². The fourth-order valence-corrected chi connectivity index (χ4v) is 1.92. The molecule has 0 unspecified atom stereocenters. The van der Waals surface area contributed by atoms with Gasteiger partial charge in [0.2, 0.25) is 0 Å². The predicted octanol–water partition coefficient (Wildman–Crippen LogP) is 3.21. The Morgan fingerprint density at radius 1 is 1.22 bits per heavy atom. The topological polar surface area (TPSA) is 54.9 Å². The van der Waals surface area contributed by atoms with Crippen molar-refractivity contribution >= 4 is 39.4 Å². The molecule has 0 spiro atoms. The van der Waals surface area contributed by atoms with Gasteiger partial charge < -0.3 is 5.32 Å². The van der Waals surface area contributed by atoms with Gasteiger partial charge in [-0.2, -0.15) is 0 Å². The molecule has 92 valence electrons. The van der Waals surface area contributed by atoms with Gasteiger partial charge in [-0.1, -0.05) is 0 Å². The van der Waals surface area contributed by atoms with E-state index in [2.05, 4.69) is 31.2 Å². The molecule has 1 N–H and O–H groups in total. The number of rotatable bonds is 3. The maximum Gasteiger partial charge on any atom is 0.256 e. The van der Waals surface area contributed by atoms with Gasteiger partial charge in [0.1, 0.15) is 4.60 Å². The van der Waals surface area contributed by atoms with Crippen molar-refractivity contribution in [1.82, 2.24) is 9.97 Å². The highest BCUT2D eigenvalue weighted by atomic mass is 79.9. The fraction of sp³-hybridized carbons (Fsp3) is 0.0833. The van der Waals surface area contributed by atoms with E-state index < -0.39 is 0 Å². The van der Waals surface area contributed by atoms with Crippen LogP contribution < -0.4 is 5.32 Å². The van der Waals surface area contributed by atoms with E-state index >= 15 is 0 Å². The molecule has 0 aliphatic carbocycles. The molecule has 1 aromatic heterocycles. The SMILES string of the molecule is CSc1ccc(C(=O)Nc2cnc(Br)cn2)cc1. The lowest BCUT2D eigenvalue weighted by molar-refractivity contribution is 0.102. The Bertz CT molecular complexity index is 542. The van der Waals surface area contributed by atoms with Gasteiger partial charge in [-0.05, 0) is 46.5 Å². The summed E-state index contributed by atoms with van der Waals surface area (Å²) in [6.45, 7) is 0. The van der Waals surface area contributed by atoms with Crippen LogP contribution in [0.3, 0.4) is 0 Å². The third-order valence-electron chi connectivity index (χ3n) is 2.21. The number of halogens is 1. The Hall–Kier alpha value is -1.40. The maximum absolute atomic E-state index is 11.9. The number of thioether (sulfide) groups is 1. The Kier molecular flexibility index (Phi) is 4.33. The molecule has 2 aromatic rings. The van der Waals surface area contributed by atoms with Gasteiger partial charge in [-0.25, -0.2) is 9.97 Å². The third kappa shape index (κ3) is 3.30. The number of nitrogens with zero attached hydrogens (tertiary/aromatic N) is 2. The van der Waals surface area contributed by atoms with Crippen LogP contribution in [0, 0.1) is 0 Å². The van der Waals surface area contributed by atoms with Crippen LogP contribution in [0.2, 0.25) is 0 Å². The molecular formula is C12H10BrN3OS.